The van der Waals surface area contributed by atoms with Gasteiger partial charge in [-0.3, -0.25) is 14.5 Å². The van der Waals surface area contributed by atoms with Crippen molar-refractivity contribution in [3.05, 3.63) is 70.8 Å². The molecule has 2 unspecified atom stereocenters. The normalized spacial score (nSPS) is 16.3. The number of fused-ring (bicyclic) bond motifs is 2. The first-order chi connectivity index (χ1) is 23.1. The second-order valence-electron chi connectivity index (χ2n) is 12.5. The van der Waals surface area contributed by atoms with Gasteiger partial charge in [-0.25, -0.2) is 9.59 Å². The molecular formula is C38H59BrN2O8. The first-order valence-corrected chi connectivity index (χ1v) is 18.0. The van der Waals surface area contributed by atoms with Crippen LogP contribution >= 0.6 is 15.9 Å². The highest BCUT2D eigenvalue weighted by Crippen LogP contribution is 2.30. The van der Waals surface area contributed by atoms with Crippen molar-refractivity contribution in [3.63, 3.8) is 0 Å². The predicted molar refractivity (Wildman–Crippen MR) is 198 cm³/mol. The van der Waals surface area contributed by atoms with Gasteiger partial charge >= 0.3 is 23.9 Å². The Morgan fingerprint density at radius 1 is 0.735 bits per heavy atom. The van der Waals surface area contributed by atoms with Crippen LogP contribution < -0.4 is 5.32 Å². The van der Waals surface area contributed by atoms with Crippen LogP contribution in [0.4, 0.5) is 0 Å². The van der Waals surface area contributed by atoms with E-state index in [-0.39, 0.29) is 47.4 Å². The fourth-order valence-electron chi connectivity index (χ4n) is 4.92. The van der Waals surface area contributed by atoms with Gasteiger partial charge in [0.1, 0.15) is 28.6 Å². The lowest BCUT2D eigenvalue weighted by Crippen LogP contribution is -2.44. The van der Waals surface area contributed by atoms with E-state index in [1.165, 1.54) is 19.8 Å². The van der Waals surface area contributed by atoms with Crippen molar-refractivity contribution in [1.29, 1.82) is 0 Å². The molecule has 0 fully saturated rings. The molecule has 2 aliphatic heterocycles. The Hall–Kier alpha value is -3.28. The first-order valence-electron chi connectivity index (χ1n) is 16.9. The molecule has 11 heteroatoms. The summed E-state index contributed by atoms with van der Waals surface area (Å²) in [6, 6.07) is 14.9. The average molecular weight is 752 g/mol. The van der Waals surface area contributed by atoms with Crippen molar-refractivity contribution >= 4 is 39.8 Å². The smallest absolute Gasteiger partial charge is 0.327 e. The summed E-state index contributed by atoms with van der Waals surface area (Å²) < 4.78 is 19.9. The van der Waals surface area contributed by atoms with Crippen molar-refractivity contribution in [3.8, 4) is 0 Å². The molecule has 4 rings (SSSR count). The van der Waals surface area contributed by atoms with Crippen LogP contribution in [0.1, 0.15) is 104 Å². The molecule has 49 heavy (non-hydrogen) atoms. The maximum absolute atomic E-state index is 12.2. The summed E-state index contributed by atoms with van der Waals surface area (Å²) in [5.74, 6) is -1.11. The van der Waals surface area contributed by atoms with Crippen molar-refractivity contribution < 1.29 is 38.1 Å². The Bertz CT molecular complexity index is 1300. The number of ether oxygens (including phenoxy) is 4. The number of alkyl halides is 1. The zero-order valence-corrected chi connectivity index (χ0v) is 33.2. The Morgan fingerprint density at radius 3 is 1.67 bits per heavy atom. The third-order valence-corrected chi connectivity index (χ3v) is 7.09. The van der Waals surface area contributed by atoms with Crippen molar-refractivity contribution in [2.24, 2.45) is 0 Å². The third kappa shape index (κ3) is 16.8. The monoisotopic (exact) mass is 750 g/mol. The molecule has 276 valence electrons. The van der Waals surface area contributed by atoms with Gasteiger partial charge in [-0.1, -0.05) is 92.2 Å². The number of methoxy groups -OCH3 is 2. The molecule has 0 aromatic heterocycles. The summed E-state index contributed by atoms with van der Waals surface area (Å²) >= 11 is 2.99. The number of rotatable bonds is 5. The molecule has 0 saturated carbocycles. The van der Waals surface area contributed by atoms with Gasteiger partial charge in [0.05, 0.1) is 20.8 Å². The molecule has 0 radical (unpaired) electrons. The molecule has 0 spiro atoms. The minimum absolute atomic E-state index is 0.0748. The quantitative estimate of drug-likeness (QED) is 0.196. The number of carbonyl (C=O) groups is 4. The van der Waals surface area contributed by atoms with Crippen LogP contribution in [0.2, 0.25) is 0 Å². The molecule has 10 nitrogen and oxygen atoms in total. The van der Waals surface area contributed by atoms with E-state index >= 15 is 0 Å². The van der Waals surface area contributed by atoms with E-state index in [9.17, 15) is 19.2 Å². The zero-order valence-electron chi connectivity index (χ0n) is 31.6. The SMILES string of the molecule is CC.CC.CC(C)(C)OC(=O)CBr.COC(=O)C1NCCc2ccccc21.COC(=O)C1c2ccccc2CCN1CC(=O)OC(C)(C)C. The van der Waals surface area contributed by atoms with Crippen molar-refractivity contribution in [2.45, 2.75) is 105 Å². The number of nitrogens with zero attached hydrogens (tertiary/aromatic N) is 1. The molecule has 2 heterocycles. The fraction of sp³-hybridized carbons (Fsp3) is 0.579. The van der Waals surface area contributed by atoms with Crippen LogP contribution in [-0.2, 0) is 51.0 Å². The van der Waals surface area contributed by atoms with Gasteiger partial charge in [0.2, 0.25) is 0 Å². The molecule has 0 amide bonds. The molecule has 2 aromatic rings. The van der Waals surface area contributed by atoms with Crippen LogP contribution in [0, 0.1) is 0 Å². The summed E-state index contributed by atoms with van der Waals surface area (Å²) in [5, 5.41) is 3.42. The average Bonchev–Trinajstić information content (AvgIpc) is 3.08. The number of benzene rings is 2. The predicted octanol–water partition coefficient (Wildman–Crippen LogP) is 6.92. The number of hydrogen-bond donors (Lipinski definition) is 1. The molecule has 0 bridgehead atoms. The largest absolute Gasteiger partial charge is 0.468 e. The minimum atomic E-state index is -0.553. The maximum atomic E-state index is 12.2. The Kier molecular flexibility index (Phi) is 21.6. The van der Waals surface area contributed by atoms with Gasteiger partial charge in [0.15, 0.2) is 0 Å². The lowest BCUT2D eigenvalue weighted by atomic mass is 9.92. The Labute approximate surface area is 302 Å². The molecule has 0 saturated heterocycles. The second kappa shape index (κ2) is 23.2. The highest BCUT2D eigenvalue weighted by Gasteiger charge is 2.35. The van der Waals surface area contributed by atoms with Crippen molar-refractivity contribution in [2.75, 3.05) is 39.2 Å². The maximum Gasteiger partial charge on any atom is 0.327 e. The van der Waals surface area contributed by atoms with Gasteiger partial charge in [-0.15, -0.1) is 0 Å². The van der Waals surface area contributed by atoms with E-state index in [1.54, 1.807) is 0 Å². The molecular weight excluding hydrogens is 692 g/mol. The van der Waals surface area contributed by atoms with E-state index in [1.807, 2.05) is 117 Å². The number of halogens is 1. The highest BCUT2D eigenvalue weighted by atomic mass is 79.9. The van der Waals surface area contributed by atoms with Gasteiger partial charge < -0.3 is 24.3 Å². The fourth-order valence-corrected chi connectivity index (χ4v) is 5.03. The van der Waals surface area contributed by atoms with Crippen LogP contribution in [-0.4, -0.2) is 79.2 Å². The highest BCUT2D eigenvalue weighted by molar-refractivity contribution is 9.09. The summed E-state index contributed by atoms with van der Waals surface area (Å²) in [7, 11) is 2.78. The van der Waals surface area contributed by atoms with Crippen LogP contribution in [0.3, 0.4) is 0 Å². The lowest BCUT2D eigenvalue weighted by Gasteiger charge is -2.35. The van der Waals surface area contributed by atoms with Gasteiger partial charge in [0, 0.05) is 13.1 Å². The van der Waals surface area contributed by atoms with Crippen molar-refractivity contribution in [1.82, 2.24) is 10.2 Å². The number of esters is 4. The summed E-state index contributed by atoms with van der Waals surface area (Å²) in [6.45, 7) is 20.5. The third-order valence-electron chi connectivity index (χ3n) is 6.63. The van der Waals surface area contributed by atoms with E-state index in [0.29, 0.717) is 6.54 Å². The first kappa shape index (κ1) is 45.7. The van der Waals surface area contributed by atoms with Gasteiger partial charge in [-0.05, 0) is 76.6 Å². The van der Waals surface area contributed by atoms with E-state index < -0.39 is 11.6 Å². The molecule has 2 atom stereocenters. The van der Waals surface area contributed by atoms with E-state index in [2.05, 4.69) is 27.3 Å². The number of nitrogens with one attached hydrogen (secondary N) is 1. The standard InChI is InChI=1S/C17H23NO4.C11H13NO2.C6H11BrO2.2C2H6/c1-17(2,3)22-14(19)11-18-10-9-12-7-5-6-8-13(12)15(18)16(20)21-4;1-14-11(13)10-9-5-3-2-4-8(9)6-7-12-10;1-6(2,3)9-5(8)4-7;2*1-2/h5-8,15H,9-11H2,1-4H3;2-5,10,12H,6-7H2,1H3;4H2,1-3H3;2*1-2H3. The summed E-state index contributed by atoms with van der Waals surface area (Å²) in [6.07, 6.45) is 1.77. The summed E-state index contributed by atoms with van der Waals surface area (Å²) in [5.41, 5.74) is 3.42. The zero-order chi connectivity index (χ0) is 37.8. The molecule has 1 N–H and O–H groups in total. The molecule has 2 aromatic carbocycles. The van der Waals surface area contributed by atoms with Gasteiger partial charge in [-0.2, -0.15) is 0 Å². The number of hydrogen-bond acceptors (Lipinski definition) is 10. The molecule has 0 aliphatic carbocycles. The Morgan fingerprint density at radius 2 is 1.20 bits per heavy atom. The molecule has 2 aliphatic rings. The minimum Gasteiger partial charge on any atom is -0.468 e. The van der Waals surface area contributed by atoms with E-state index in [0.717, 1.165) is 36.1 Å². The lowest BCUT2D eigenvalue weighted by molar-refractivity contribution is -0.159. The van der Waals surface area contributed by atoms with Crippen LogP contribution in [0.5, 0.6) is 0 Å². The topological polar surface area (TPSA) is 120 Å². The van der Waals surface area contributed by atoms with Crippen LogP contribution in [0.15, 0.2) is 48.5 Å². The summed E-state index contributed by atoms with van der Waals surface area (Å²) in [4.78, 5) is 48.1. The van der Waals surface area contributed by atoms with E-state index in [4.69, 9.17) is 18.9 Å². The second-order valence-corrected chi connectivity index (χ2v) is 13.1. The van der Waals surface area contributed by atoms with Crippen LogP contribution in [0.25, 0.3) is 0 Å². The number of carbonyl (C=O) groups excluding carboxylic acids is 4. The van der Waals surface area contributed by atoms with Gasteiger partial charge in [0.25, 0.3) is 0 Å². The Balaban J connectivity index is 0.000000731.